The molecule has 1 aliphatic carbocycles. The van der Waals surface area contributed by atoms with E-state index in [2.05, 4.69) is 15.6 Å². The van der Waals surface area contributed by atoms with Gasteiger partial charge in [-0.05, 0) is 37.0 Å². The molecule has 1 aliphatic rings. The van der Waals surface area contributed by atoms with Crippen LogP contribution < -0.4 is 10.6 Å². The summed E-state index contributed by atoms with van der Waals surface area (Å²) in [4.78, 5) is 16.6. The van der Waals surface area contributed by atoms with Crippen molar-refractivity contribution in [3.63, 3.8) is 0 Å². The molecule has 3 unspecified atom stereocenters. The monoisotopic (exact) mass is 385 g/mol. The normalized spacial score (nSPS) is 20.6. The van der Waals surface area contributed by atoms with Crippen molar-refractivity contribution in [3.8, 4) is 0 Å². The smallest absolute Gasteiger partial charge is 0.270 e. The van der Waals surface area contributed by atoms with Gasteiger partial charge in [-0.2, -0.15) is 0 Å². The molecule has 144 valence electrons. The van der Waals surface area contributed by atoms with E-state index in [-0.39, 0.29) is 11.2 Å². The summed E-state index contributed by atoms with van der Waals surface area (Å²) in [5.74, 6) is 0.536. The molecule has 6 heteroatoms. The van der Waals surface area contributed by atoms with Crippen LogP contribution >= 0.6 is 0 Å². The largest absolute Gasteiger partial charge is 0.382 e. The zero-order valence-corrected chi connectivity index (χ0v) is 16.5. The Morgan fingerprint density at radius 1 is 1.22 bits per heavy atom. The predicted octanol–water partition coefficient (Wildman–Crippen LogP) is 3.50. The second-order valence-electron chi connectivity index (χ2n) is 6.90. The second-order valence-corrected chi connectivity index (χ2v) is 8.90. The molecule has 0 bridgehead atoms. The number of carbonyl (C=O) groups excluding carboxylic acids is 1. The molecular formula is C21H27N3O2S. The van der Waals surface area contributed by atoms with Crippen LogP contribution in [0.1, 0.15) is 48.7 Å². The molecule has 0 radical (unpaired) electrons. The third kappa shape index (κ3) is 5.63. The van der Waals surface area contributed by atoms with E-state index in [9.17, 15) is 9.00 Å². The molecule has 1 aromatic carbocycles. The molecule has 0 aliphatic heterocycles. The lowest BCUT2D eigenvalue weighted by Crippen LogP contribution is -2.33. The number of benzene rings is 1. The zero-order chi connectivity index (χ0) is 19.1. The summed E-state index contributed by atoms with van der Waals surface area (Å²) in [5, 5.41) is 6.69. The lowest BCUT2D eigenvalue weighted by atomic mass is 9.95. The summed E-state index contributed by atoms with van der Waals surface area (Å²) in [7, 11) is -0.741. The zero-order valence-electron chi connectivity index (χ0n) is 15.7. The van der Waals surface area contributed by atoms with Crippen LogP contribution in [0.15, 0.2) is 48.7 Å². The van der Waals surface area contributed by atoms with E-state index < -0.39 is 10.8 Å². The molecule has 1 aromatic heterocycles. The molecule has 1 fully saturated rings. The maximum Gasteiger partial charge on any atom is 0.270 e. The number of hydrogen-bond acceptors (Lipinski definition) is 4. The van der Waals surface area contributed by atoms with Crippen molar-refractivity contribution in [2.24, 2.45) is 0 Å². The number of hydrogen-bond donors (Lipinski definition) is 2. The summed E-state index contributed by atoms with van der Waals surface area (Å²) < 4.78 is 12.1. The molecule has 5 nitrogen and oxygen atoms in total. The Morgan fingerprint density at radius 3 is 2.81 bits per heavy atom. The van der Waals surface area contributed by atoms with Gasteiger partial charge in [0.1, 0.15) is 5.69 Å². The van der Waals surface area contributed by atoms with Crippen molar-refractivity contribution in [2.45, 2.75) is 50.4 Å². The first-order valence-electron chi connectivity index (χ1n) is 9.57. The maximum atomic E-state index is 12.4. The van der Waals surface area contributed by atoms with Crippen LogP contribution in [0.25, 0.3) is 0 Å². The van der Waals surface area contributed by atoms with Crippen LogP contribution in [0.5, 0.6) is 0 Å². The van der Waals surface area contributed by atoms with Crippen molar-refractivity contribution in [1.29, 1.82) is 0 Å². The molecule has 27 heavy (non-hydrogen) atoms. The van der Waals surface area contributed by atoms with Crippen LogP contribution in [-0.2, 0) is 17.3 Å². The Bertz CT molecular complexity index is 782. The van der Waals surface area contributed by atoms with Gasteiger partial charge >= 0.3 is 0 Å². The van der Waals surface area contributed by atoms with Gasteiger partial charge in [0.2, 0.25) is 0 Å². The molecular weight excluding hydrogens is 358 g/mol. The summed E-state index contributed by atoms with van der Waals surface area (Å²) in [6.07, 6.45) is 5.77. The minimum atomic E-state index is -0.741. The van der Waals surface area contributed by atoms with Crippen molar-refractivity contribution in [1.82, 2.24) is 10.3 Å². The van der Waals surface area contributed by atoms with Crippen molar-refractivity contribution in [3.05, 3.63) is 59.9 Å². The average molecular weight is 386 g/mol. The van der Waals surface area contributed by atoms with E-state index in [0.717, 1.165) is 42.7 Å². The van der Waals surface area contributed by atoms with E-state index in [0.29, 0.717) is 18.3 Å². The number of nitrogens with one attached hydrogen (secondary N) is 2. The number of anilines is 1. The van der Waals surface area contributed by atoms with Gasteiger partial charge in [0.05, 0.1) is 0 Å². The fraction of sp³-hybridized carbons (Fsp3) is 0.429. The van der Waals surface area contributed by atoms with Gasteiger partial charge in [-0.1, -0.05) is 43.7 Å². The van der Waals surface area contributed by atoms with Crippen molar-refractivity contribution < 1.29 is 9.00 Å². The predicted molar refractivity (Wildman–Crippen MR) is 110 cm³/mol. The van der Waals surface area contributed by atoms with Gasteiger partial charge in [-0.3, -0.25) is 14.0 Å². The number of aromatic nitrogens is 1. The standard InChI is InChI=1S/C21H27N3O2S/c1-2-27(26)19-10-6-9-17(13-19)24-18-11-12-22-20(14-18)21(25)23-15-16-7-4-3-5-8-16/h3-5,7-8,11-12,14,17,19H,2,6,9-10,13,15H2,1H3,(H,22,24)(H,23,25). The van der Waals surface area contributed by atoms with Crippen molar-refractivity contribution in [2.75, 3.05) is 11.1 Å². The van der Waals surface area contributed by atoms with Crippen LogP contribution in [0.4, 0.5) is 5.69 Å². The highest BCUT2D eigenvalue weighted by molar-refractivity contribution is 7.85. The van der Waals surface area contributed by atoms with Gasteiger partial charge in [-0.15, -0.1) is 0 Å². The first-order valence-corrected chi connectivity index (χ1v) is 11.0. The third-order valence-electron chi connectivity index (χ3n) is 4.94. The Morgan fingerprint density at radius 2 is 2.04 bits per heavy atom. The summed E-state index contributed by atoms with van der Waals surface area (Å²) >= 11 is 0. The summed E-state index contributed by atoms with van der Waals surface area (Å²) in [5.41, 5.74) is 2.35. The van der Waals surface area contributed by atoms with Crippen LogP contribution in [0.3, 0.4) is 0 Å². The van der Waals surface area contributed by atoms with Gasteiger partial charge in [0.25, 0.3) is 5.91 Å². The first-order chi connectivity index (χ1) is 13.2. The van der Waals surface area contributed by atoms with E-state index in [1.165, 1.54) is 0 Å². The quantitative estimate of drug-likeness (QED) is 0.765. The Labute approximate surface area is 163 Å². The molecule has 3 atom stereocenters. The number of carbonyl (C=O) groups is 1. The van der Waals surface area contributed by atoms with E-state index in [4.69, 9.17) is 0 Å². The van der Waals surface area contributed by atoms with Crippen LogP contribution in [-0.4, -0.2) is 32.1 Å². The van der Waals surface area contributed by atoms with Crippen molar-refractivity contribution >= 4 is 22.4 Å². The minimum absolute atomic E-state index is 0.184. The maximum absolute atomic E-state index is 12.4. The highest BCUT2D eigenvalue weighted by atomic mass is 32.2. The molecule has 1 heterocycles. The van der Waals surface area contributed by atoms with E-state index in [1.54, 1.807) is 12.3 Å². The van der Waals surface area contributed by atoms with E-state index >= 15 is 0 Å². The van der Waals surface area contributed by atoms with E-state index in [1.807, 2.05) is 43.3 Å². The van der Waals surface area contributed by atoms with Gasteiger partial charge in [-0.25, -0.2) is 0 Å². The second kappa shape index (κ2) is 9.65. The van der Waals surface area contributed by atoms with Gasteiger partial charge in [0.15, 0.2) is 0 Å². The number of amides is 1. The Kier molecular flexibility index (Phi) is 6.98. The lowest BCUT2D eigenvalue weighted by molar-refractivity contribution is 0.0946. The summed E-state index contributed by atoms with van der Waals surface area (Å²) in [6.45, 7) is 2.46. The number of pyridine rings is 1. The fourth-order valence-electron chi connectivity index (χ4n) is 3.50. The fourth-order valence-corrected chi connectivity index (χ4v) is 4.85. The molecule has 1 saturated carbocycles. The number of nitrogens with zero attached hydrogens (tertiary/aromatic N) is 1. The minimum Gasteiger partial charge on any atom is -0.382 e. The topological polar surface area (TPSA) is 71.1 Å². The Balaban J connectivity index is 1.58. The molecule has 3 rings (SSSR count). The molecule has 0 saturated heterocycles. The SMILES string of the molecule is CCS(=O)C1CCCC(Nc2ccnc(C(=O)NCc3ccccc3)c2)C1. The van der Waals surface area contributed by atoms with Gasteiger partial charge in [0, 0.05) is 46.3 Å². The highest BCUT2D eigenvalue weighted by Crippen LogP contribution is 2.25. The molecule has 0 spiro atoms. The lowest BCUT2D eigenvalue weighted by Gasteiger charge is -2.29. The molecule has 2 aromatic rings. The van der Waals surface area contributed by atoms with Crippen LogP contribution in [0, 0.1) is 0 Å². The van der Waals surface area contributed by atoms with Gasteiger partial charge < -0.3 is 10.6 Å². The molecule has 1 amide bonds. The Hall–Kier alpha value is -2.21. The third-order valence-corrected chi connectivity index (χ3v) is 6.68. The average Bonchev–Trinajstić information content (AvgIpc) is 2.72. The first kappa shape index (κ1) is 19.5. The molecule has 2 N–H and O–H groups in total. The number of rotatable bonds is 7. The highest BCUT2D eigenvalue weighted by Gasteiger charge is 2.25. The van der Waals surface area contributed by atoms with Crippen LogP contribution in [0.2, 0.25) is 0 Å². The summed E-state index contributed by atoms with van der Waals surface area (Å²) in [6, 6.07) is 13.8.